The van der Waals surface area contributed by atoms with E-state index in [1.54, 1.807) is 12.1 Å². The summed E-state index contributed by atoms with van der Waals surface area (Å²) in [6, 6.07) is 13.1. The molecule has 1 N–H and O–H groups in total. The lowest BCUT2D eigenvalue weighted by atomic mass is 9.88. The highest BCUT2D eigenvalue weighted by Gasteiger charge is 2.39. The molecule has 0 atom stereocenters. The van der Waals surface area contributed by atoms with Gasteiger partial charge in [0.15, 0.2) is 0 Å². The number of carbonyl (C=O) groups is 2. The van der Waals surface area contributed by atoms with Gasteiger partial charge in [-0.15, -0.1) is 0 Å². The molecule has 0 unspecified atom stereocenters. The Morgan fingerprint density at radius 2 is 1.81 bits per heavy atom. The molecule has 1 aromatic carbocycles. The first-order chi connectivity index (χ1) is 12.6. The molecule has 5 heteroatoms. The lowest BCUT2D eigenvalue weighted by Crippen LogP contribution is -2.40. The molecule has 134 valence electrons. The average Bonchev–Trinajstić information content (AvgIpc) is 3.30. The van der Waals surface area contributed by atoms with Gasteiger partial charge in [0.05, 0.1) is 5.54 Å². The number of aromatic nitrogens is 1. The van der Waals surface area contributed by atoms with Crippen LogP contribution in [0.15, 0.2) is 60.3 Å². The lowest BCUT2D eigenvalue weighted by molar-refractivity contribution is -0.136. The first-order valence-electron chi connectivity index (χ1n) is 9.06. The Hall–Kier alpha value is -2.82. The van der Waals surface area contributed by atoms with Crippen LogP contribution in [0.2, 0.25) is 0 Å². The zero-order chi connectivity index (χ0) is 18.1. The number of rotatable bonds is 4. The van der Waals surface area contributed by atoms with Gasteiger partial charge in [0.2, 0.25) is 0 Å². The standard InChI is InChI=1S/C21H22N2O3/c24-19(25)15-22(17-7-2-1-3-8-17)20(26)16-13-18-9-6-12-23(18)21(14-16)10-4-5-11-21/h1-3,6-9,12,14H,4-5,10-11,13,15H2,(H,24,25). The Bertz CT molecular complexity index is 860. The maximum Gasteiger partial charge on any atom is 0.323 e. The molecule has 1 amide bonds. The minimum absolute atomic E-state index is 0.131. The zero-order valence-electron chi connectivity index (χ0n) is 14.6. The van der Waals surface area contributed by atoms with Crippen LogP contribution in [0, 0.1) is 0 Å². The Morgan fingerprint density at radius 3 is 2.50 bits per heavy atom. The number of benzene rings is 1. The third kappa shape index (κ3) is 2.83. The zero-order valence-corrected chi connectivity index (χ0v) is 14.6. The normalized spacial score (nSPS) is 17.6. The summed E-state index contributed by atoms with van der Waals surface area (Å²) in [5, 5.41) is 9.30. The smallest absolute Gasteiger partial charge is 0.323 e. The molecule has 1 saturated carbocycles. The number of carboxylic acids is 1. The molecule has 4 rings (SSSR count). The topological polar surface area (TPSA) is 62.5 Å². The van der Waals surface area contributed by atoms with Crippen LogP contribution in [0.4, 0.5) is 5.69 Å². The molecule has 5 nitrogen and oxygen atoms in total. The van der Waals surface area contributed by atoms with Gasteiger partial charge in [0.1, 0.15) is 6.54 Å². The summed E-state index contributed by atoms with van der Waals surface area (Å²) in [6.07, 6.45) is 9.08. The van der Waals surface area contributed by atoms with Crippen LogP contribution in [-0.4, -0.2) is 28.1 Å². The lowest BCUT2D eigenvalue weighted by Gasteiger charge is -2.36. The largest absolute Gasteiger partial charge is 0.480 e. The molecule has 0 bridgehead atoms. The summed E-state index contributed by atoms with van der Waals surface area (Å²) in [4.78, 5) is 26.0. The van der Waals surface area contributed by atoms with Crippen LogP contribution in [0.1, 0.15) is 31.4 Å². The molecule has 0 radical (unpaired) electrons. The van der Waals surface area contributed by atoms with Crippen LogP contribution in [0.3, 0.4) is 0 Å². The SMILES string of the molecule is O=C(O)CN(C(=O)C1=CC2(CCCC2)n2cccc2C1)c1ccccc1. The molecule has 26 heavy (non-hydrogen) atoms. The third-order valence-corrected chi connectivity index (χ3v) is 5.48. The number of carboxylic acid groups (broad SMARTS) is 1. The highest BCUT2D eigenvalue weighted by Crippen LogP contribution is 2.43. The summed E-state index contributed by atoms with van der Waals surface area (Å²) >= 11 is 0. The van der Waals surface area contributed by atoms with Crippen molar-refractivity contribution in [3.63, 3.8) is 0 Å². The van der Waals surface area contributed by atoms with Crippen molar-refractivity contribution < 1.29 is 14.7 Å². The summed E-state index contributed by atoms with van der Waals surface area (Å²) in [6.45, 7) is -0.339. The van der Waals surface area contributed by atoms with Crippen LogP contribution < -0.4 is 4.90 Å². The van der Waals surface area contributed by atoms with Gasteiger partial charge in [-0.1, -0.05) is 31.0 Å². The molecule has 2 aliphatic rings. The van der Waals surface area contributed by atoms with E-state index in [9.17, 15) is 14.7 Å². The van der Waals surface area contributed by atoms with Crippen molar-refractivity contribution in [1.29, 1.82) is 0 Å². The van der Waals surface area contributed by atoms with Crippen molar-refractivity contribution in [2.45, 2.75) is 37.6 Å². The minimum Gasteiger partial charge on any atom is -0.480 e. The van der Waals surface area contributed by atoms with Gasteiger partial charge in [-0.25, -0.2) is 0 Å². The fourth-order valence-electron chi connectivity index (χ4n) is 4.34. The fraction of sp³-hybridized carbons (Fsp3) is 0.333. The monoisotopic (exact) mass is 350 g/mol. The predicted octanol–water partition coefficient (Wildman–Crippen LogP) is 3.36. The van der Waals surface area contributed by atoms with Gasteiger partial charge in [-0.05, 0) is 43.2 Å². The maximum absolute atomic E-state index is 13.3. The molecule has 1 aromatic heterocycles. The van der Waals surface area contributed by atoms with Crippen LogP contribution >= 0.6 is 0 Å². The quantitative estimate of drug-likeness (QED) is 0.920. The minimum atomic E-state index is -1.02. The van der Waals surface area contributed by atoms with Crippen LogP contribution in [-0.2, 0) is 21.5 Å². The molecule has 1 spiro atoms. The molecule has 1 aliphatic heterocycles. The van der Waals surface area contributed by atoms with Crippen molar-refractivity contribution in [2.24, 2.45) is 0 Å². The third-order valence-electron chi connectivity index (χ3n) is 5.48. The van der Waals surface area contributed by atoms with E-state index in [4.69, 9.17) is 0 Å². The first-order valence-corrected chi connectivity index (χ1v) is 9.06. The van der Waals surface area contributed by atoms with Crippen LogP contribution in [0.25, 0.3) is 0 Å². The number of hydrogen-bond donors (Lipinski definition) is 1. The second-order valence-corrected chi connectivity index (χ2v) is 7.15. The van der Waals surface area contributed by atoms with E-state index in [0.29, 0.717) is 17.7 Å². The van der Waals surface area contributed by atoms with Gasteiger partial charge >= 0.3 is 5.97 Å². The number of para-hydroxylation sites is 1. The number of fused-ring (bicyclic) bond motifs is 2. The van der Waals surface area contributed by atoms with Gasteiger partial charge in [0.25, 0.3) is 5.91 Å². The van der Waals surface area contributed by atoms with E-state index in [1.807, 2.05) is 24.3 Å². The van der Waals surface area contributed by atoms with E-state index in [2.05, 4.69) is 22.9 Å². The summed E-state index contributed by atoms with van der Waals surface area (Å²) in [5.41, 5.74) is 2.31. The summed E-state index contributed by atoms with van der Waals surface area (Å²) in [7, 11) is 0. The van der Waals surface area contributed by atoms with Gasteiger partial charge < -0.3 is 9.67 Å². The number of aliphatic carboxylic acids is 1. The Labute approximate surface area is 152 Å². The van der Waals surface area contributed by atoms with Crippen molar-refractivity contribution >= 4 is 17.6 Å². The Balaban J connectivity index is 1.72. The van der Waals surface area contributed by atoms with Crippen molar-refractivity contribution in [3.8, 4) is 0 Å². The van der Waals surface area contributed by atoms with Gasteiger partial charge in [-0.2, -0.15) is 0 Å². The Morgan fingerprint density at radius 1 is 1.08 bits per heavy atom. The first kappa shape index (κ1) is 16.6. The molecule has 1 aliphatic carbocycles. The molecular weight excluding hydrogens is 328 g/mol. The Kier molecular flexibility index (Phi) is 4.15. The van der Waals surface area contributed by atoms with Gasteiger partial charge in [0, 0.05) is 29.6 Å². The second kappa shape index (κ2) is 6.48. The predicted molar refractivity (Wildman–Crippen MR) is 99.1 cm³/mol. The van der Waals surface area contributed by atoms with E-state index in [1.165, 1.54) is 4.90 Å². The fourth-order valence-corrected chi connectivity index (χ4v) is 4.34. The van der Waals surface area contributed by atoms with Crippen molar-refractivity contribution in [2.75, 3.05) is 11.4 Å². The van der Waals surface area contributed by atoms with E-state index in [-0.39, 0.29) is 18.0 Å². The molecular formula is C21H22N2O3. The van der Waals surface area contributed by atoms with Crippen molar-refractivity contribution in [3.05, 3.63) is 66.0 Å². The van der Waals surface area contributed by atoms with Crippen molar-refractivity contribution in [1.82, 2.24) is 4.57 Å². The number of amides is 1. The van der Waals surface area contributed by atoms with Crippen LogP contribution in [0.5, 0.6) is 0 Å². The highest BCUT2D eigenvalue weighted by molar-refractivity contribution is 6.08. The highest BCUT2D eigenvalue weighted by atomic mass is 16.4. The van der Waals surface area contributed by atoms with E-state index in [0.717, 1.165) is 31.4 Å². The number of hydrogen-bond acceptors (Lipinski definition) is 2. The summed E-state index contributed by atoms with van der Waals surface area (Å²) in [5.74, 6) is -1.23. The molecule has 0 saturated heterocycles. The molecule has 1 fully saturated rings. The van der Waals surface area contributed by atoms with E-state index < -0.39 is 5.97 Å². The number of anilines is 1. The average molecular weight is 350 g/mol. The summed E-state index contributed by atoms with van der Waals surface area (Å²) < 4.78 is 2.31. The molecule has 2 aromatic rings. The number of carbonyl (C=O) groups excluding carboxylic acids is 1. The molecule has 2 heterocycles. The van der Waals surface area contributed by atoms with E-state index >= 15 is 0 Å². The van der Waals surface area contributed by atoms with Gasteiger partial charge in [-0.3, -0.25) is 14.5 Å². The number of nitrogens with zero attached hydrogens (tertiary/aromatic N) is 2. The number of allylic oxidation sites excluding steroid dienone is 1. The maximum atomic E-state index is 13.3. The second-order valence-electron chi connectivity index (χ2n) is 7.15.